The van der Waals surface area contributed by atoms with Gasteiger partial charge in [0.25, 0.3) is 0 Å². The van der Waals surface area contributed by atoms with Crippen molar-refractivity contribution >= 4 is 6.29 Å². The van der Waals surface area contributed by atoms with Crippen LogP contribution in [-0.2, 0) is 9.53 Å². The summed E-state index contributed by atoms with van der Waals surface area (Å²) < 4.78 is 4.95. The zero-order valence-electron chi connectivity index (χ0n) is 9.63. The van der Waals surface area contributed by atoms with Crippen molar-refractivity contribution in [1.82, 2.24) is 0 Å². The average Bonchev–Trinajstić information content (AvgIpc) is 2.29. The van der Waals surface area contributed by atoms with Gasteiger partial charge >= 0.3 is 0 Å². The van der Waals surface area contributed by atoms with Crippen LogP contribution >= 0.6 is 0 Å². The number of carbonyl (C=O) groups excluding carboxylic acids is 1. The number of hydrogen-bond donors (Lipinski definition) is 3. The van der Waals surface area contributed by atoms with Crippen LogP contribution < -0.4 is 0 Å². The molecule has 0 aromatic heterocycles. The quantitative estimate of drug-likeness (QED) is 0.454. The lowest BCUT2D eigenvalue weighted by Crippen LogP contribution is -2.34. The van der Waals surface area contributed by atoms with Crippen LogP contribution in [0.15, 0.2) is 0 Å². The lowest BCUT2D eigenvalue weighted by Gasteiger charge is -2.18. The van der Waals surface area contributed by atoms with Crippen molar-refractivity contribution in [3.8, 4) is 0 Å². The van der Waals surface area contributed by atoms with Gasteiger partial charge in [-0.05, 0) is 6.42 Å². The van der Waals surface area contributed by atoms with E-state index in [-0.39, 0.29) is 6.61 Å². The second kappa shape index (κ2) is 9.72. The average molecular weight is 233 g/mol. The zero-order chi connectivity index (χ0) is 12.4. The molecule has 16 heavy (non-hydrogen) atoms. The predicted molar refractivity (Wildman–Crippen MR) is 58.7 cm³/mol. The highest BCUT2D eigenvalue weighted by Crippen LogP contribution is 2.08. The molecule has 0 amide bonds. The third-order valence-electron chi connectivity index (χ3n) is 2.25. The first-order valence-corrected chi connectivity index (χ1v) is 5.61. The van der Waals surface area contributed by atoms with Crippen molar-refractivity contribution in [2.45, 2.75) is 50.9 Å². The fraction of sp³-hybridized carbons (Fsp3) is 0.909. The lowest BCUT2D eigenvalue weighted by molar-refractivity contribution is -0.0501. The molecule has 0 spiro atoms. The summed E-state index contributed by atoms with van der Waals surface area (Å²) in [5.74, 6) is 0. The first-order valence-electron chi connectivity index (χ1n) is 5.61. The van der Waals surface area contributed by atoms with E-state index in [9.17, 15) is 9.90 Å². The number of aliphatic hydroxyl groups is 3. The van der Waals surface area contributed by atoms with E-state index in [1.165, 1.54) is 0 Å². The number of rotatable bonds is 10. The van der Waals surface area contributed by atoms with E-state index in [0.717, 1.165) is 19.3 Å². The van der Waals surface area contributed by atoms with Gasteiger partial charge < -0.3 is 20.1 Å². The van der Waals surface area contributed by atoms with Crippen LogP contribution in [0, 0.1) is 0 Å². The first-order chi connectivity index (χ1) is 7.65. The van der Waals surface area contributed by atoms with Gasteiger partial charge in [0, 0.05) is 0 Å². The molecule has 0 saturated heterocycles. The second-order valence-electron chi connectivity index (χ2n) is 3.77. The van der Waals surface area contributed by atoms with Crippen LogP contribution in [0.3, 0.4) is 0 Å². The number of aliphatic hydroxyl groups excluding tert-OH is 3. The Morgan fingerprint density at radius 2 is 2.00 bits per heavy atom. The molecule has 0 heterocycles. The maximum absolute atomic E-state index is 10.5. The van der Waals surface area contributed by atoms with Gasteiger partial charge in [0.2, 0.25) is 6.29 Å². The van der Waals surface area contributed by atoms with Gasteiger partial charge in [-0.25, -0.2) is 0 Å². The van der Waals surface area contributed by atoms with Gasteiger partial charge in [-0.1, -0.05) is 26.2 Å². The van der Waals surface area contributed by atoms with Crippen molar-refractivity contribution in [1.29, 1.82) is 0 Å². The fourth-order valence-electron chi connectivity index (χ4n) is 1.25. The third-order valence-corrected chi connectivity index (χ3v) is 2.25. The van der Waals surface area contributed by atoms with E-state index in [1.807, 2.05) is 6.92 Å². The summed E-state index contributed by atoms with van der Waals surface area (Å²) in [5, 5.41) is 27.1. The smallest absolute Gasteiger partial charge is 0.232 e. The summed E-state index contributed by atoms with van der Waals surface area (Å²) in [4.78, 5) is 10.5. The topological polar surface area (TPSA) is 87.0 Å². The minimum absolute atomic E-state index is 0.179. The van der Waals surface area contributed by atoms with Crippen molar-refractivity contribution in [2.75, 3.05) is 13.2 Å². The summed E-state index contributed by atoms with van der Waals surface area (Å²) in [6.45, 7) is 1.43. The molecule has 1 radical (unpaired) electrons. The Morgan fingerprint density at radius 1 is 1.31 bits per heavy atom. The highest BCUT2D eigenvalue weighted by atomic mass is 16.5. The van der Waals surface area contributed by atoms with Crippen LogP contribution in [0.25, 0.3) is 0 Å². The van der Waals surface area contributed by atoms with Crippen LogP contribution in [-0.4, -0.2) is 53.1 Å². The van der Waals surface area contributed by atoms with Gasteiger partial charge in [-0.3, -0.25) is 4.79 Å². The molecule has 0 aliphatic carbocycles. The molecule has 0 fully saturated rings. The van der Waals surface area contributed by atoms with E-state index in [2.05, 4.69) is 0 Å². The van der Waals surface area contributed by atoms with Gasteiger partial charge in [0.15, 0.2) is 0 Å². The summed E-state index contributed by atoms with van der Waals surface area (Å²) in [7, 11) is 0. The van der Waals surface area contributed by atoms with Gasteiger partial charge in [0.05, 0.1) is 19.3 Å². The minimum atomic E-state index is -1.04. The van der Waals surface area contributed by atoms with E-state index in [1.54, 1.807) is 6.29 Å². The maximum Gasteiger partial charge on any atom is 0.232 e. The van der Waals surface area contributed by atoms with E-state index in [4.69, 9.17) is 14.9 Å². The van der Waals surface area contributed by atoms with Crippen molar-refractivity contribution in [3.63, 3.8) is 0 Å². The van der Waals surface area contributed by atoms with Gasteiger partial charge in [0.1, 0.15) is 12.2 Å². The molecular weight excluding hydrogens is 212 g/mol. The Morgan fingerprint density at radius 3 is 2.50 bits per heavy atom. The SMILES string of the molecule is CCCCCC(O)C([C]=O)OCC(O)CO. The molecule has 0 rings (SSSR count). The van der Waals surface area contributed by atoms with E-state index in [0.29, 0.717) is 6.42 Å². The van der Waals surface area contributed by atoms with Gasteiger partial charge in [-0.2, -0.15) is 0 Å². The Bertz CT molecular complexity index is 174. The molecule has 0 aliphatic rings. The van der Waals surface area contributed by atoms with Crippen molar-refractivity contribution in [2.24, 2.45) is 0 Å². The number of ether oxygens (including phenoxy) is 1. The molecule has 0 saturated carbocycles. The van der Waals surface area contributed by atoms with Crippen LogP contribution in [0.4, 0.5) is 0 Å². The number of unbranched alkanes of at least 4 members (excludes halogenated alkanes) is 2. The van der Waals surface area contributed by atoms with E-state index < -0.39 is 24.9 Å². The fourth-order valence-corrected chi connectivity index (χ4v) is 1.25. The predicted octanol–water partition coefficient (Wildman–Crippen LogP) is -0.224. The zero-order valence-corrected chi connectivity index (χ0v) is 9.63. The molecule has 95 valence electrons. The number of hydrogen-bond acceptors (Lipinski definition) is 5. The monoisotopic (exact) mass is 233 g/mol. The normalized spacial score (nSPS) is 16.8. The molecular formula is C11H21O5. The Hall–Kier alpha value is -0.490. The molecule has 0 aromatic rings. The largest absolute Gasteiger partial charge is 0.394 e. The molecule has 0 bridgehead atoms. The lowest BCUT2D eigenvalue weighted by atomic mass is 10.1. The molecule has 0 aliphatic heterocycles. The second-order valence-corrected chi connectivity index (χ2v) is 3.77. The molecule has 0 aromatic carbocycles. The molecule has 3 atom stereocenters. The van der Waals surface area contributed by atoms with Crippen molar-refractivity contribution in [3.05, 3.63) is 0 Å². The molecule has 3 N–H and O–H groups in total. The highest BCUT2D eigenvalue weighted by Gasteiger charge is 2.20. The first kappa shape index (κ1) is 15.5. The summed E-state index contributed by atoms with van der Waals surface area (Å²) in [6.07, 6.45) is 1.95. The summed E-state index contributed by atoms with van der Waals surface area (Å²) in [5.41, 5.74) is 0. The Kier molecular flexibility index (Phi) is 9.42. The van der Waals surface area contributed by atoms with Crippen LogP contribution in [0.1, 0.15) is 32.6 Å². The van der Waals surface area contributed by atoms with Crippen LogP contribution in [0.2, 0.25) is 0 Å². The third kappa shape index (κ3) is 6.90. The Labute approximate surface area is 96.0 Å². The standard InChI is InChI=1S/C11H21O5/c1-2-3-4-5-10(15)11(7-13)16-8-9(14)6-12/h9-12,14-15H,2-6,8H2,1H3. The molecule has 5 heteroatoms. The summed E-state index contributed by atoms with van der Waals surface area (Å²) in [6, 6.07) is 0. The van der Waals surface area contributed by atoms with Gasteiger partial charge in [-0.15, -0.1) is 0 Å². The summed E-state index contributed by atoms with van der Waals surface area (Å²) >= 11 is 0. The minimum Gasteiger partial charge on any atom is -0.394 e. The maximum atomic E-state index is 10.5. The molecule has 3 unspecified atom stereocenters. The van der Waals surface area contributed by atoms with E-state index >= 15 is 0 Å². The van der Waals surface area contributed by atoms with Crippen LogP contribution in [0.5, 0.6) is 0 Å². The molecule has 5 nitrogen and oxygen atoms in total. The Balaban J connectivity index is 3.82. The van der Waals surface area contributed by atoms with Crippen molar-refractivity contribution < 1.29 is 24.9 Å². The highest BCUT2D eigenvalue weighted by molar-refractivity contribution is 5.57.